The fraction of sp³-hybridized carbons (Fsp3) is 0.381. The molecule has 3 N–H and O–H groups in total. The fourth-order valence-electron chi connectivity index (χ4n) is 3.18. The van der Waals surface area contributed by atoms with Gasteiger partial charge in [-0.3, -0.25) is 19.1 Å². The first-order chi connectivity index (χ1) is 15.5. The Morgan fingerprint density at radius 1 is 1.19 bits per heavy atom. The van der Waals surface area contributed by atoms with Crippen LogP contribution in [0.25, 0.3) is 5.69 Å². The van der Waals surface area contributed by atoms with Gasteiger partial charge < -0.3 is 10.6 Å². The topological polar surface area (TPSA) is 132 Å². The first kappa shape index (κ1) is 23.3. The molecule has 2 heterocycles. The van der Waals surface area contributed by atoms with Crippen molar-refractivity contribution >= 4 is 29.2 Å². The number of amides is 1. The van der Waals surface area contributed by atoms with Crippen LogP contribution >= 0.6 is 11.8 Å². The number of nitrogens with two attached hydrogens (primary N) is 1. The van der Waals surface area contributed by atoms with Crippen molar-refractivity contribution in [1.82, 2.24) is 24.3 Å². The summed E-state index contributed by atoms with van der Waals surface area (Å²) in [7, 11) is 0. The number of nitrogen functional groups attached to an aromatic ring is 1. The normalized spacial score (nSPS) is 10.9. The number of unbranched alkanes of at least 4 members (excludes halogenated alkanes) is 1. The second kappa shape index (κ2) is 10.8. The highest BCUT2D eigenvalue weighted by molar-refractivity contribution is 7.99. The number of benzene rings is 1. The van der Waals surface area contributed by atoms with E-state index in [0.717, 1.165) is 12.1 Å². The van der Waals surface area contributed by atoms with E-state index in [1.54, 1.807) is 11.0 Å². The molecule has 3 aromatic rings. The van der Waals surface area contributed by atoms with E-state index in [0.29, 0.717) is 31.1 Å². The Labute approximate surface area is 189 Å². The number of anilines is 2. The molecule has 0 radical (unpaired) electrons. The van der Waals surface area contributed by atoms with Gasteiger partial charge in [0.1, 0.15) is 12.1 Å². The van der Waals surface area contributed by atoms with Gasteiger partial charge in [-0.25, -0.2) is 14.5 Å². The average Bonchev–Trinajstić information content (AvgIpc) is 3.27. The maximum Gasteiger partial charge on any atom is 0.330 e. The smallest absolute Gasteiger partial charge is 0.330 e. The van der Waals surface area contributed by atoms with Gasteiger partial charge in [-0.15, -0.1) is 5.10 Å². The maximum absolute atomic E-state index is 13.1. The first-order valence-electron chi connectivity index (χ1n) is 10.5. The number of carbonyl (C=O) groups is 1. The first-order valence-corrected chi connectivity index (χ1v) is 11.5. The molecule has 11 heteroatoms. The summed E-state index contributed by atoms with van der Waals surface area (Å²) >= 11 is 1.17. The highest BCUT2D eigenvalue weighted by Gasteiger charge is 2.24. The summed E-state index contributed by atoms with van der Waals surface area (Å²) < 4.78 is 2.92. The van der Waals surface area contributed by atoms with Crippen molar-refractivity contribution in [1.29, 1.82) is 0 Å². The maximum atomic E-state index is 13.1. The van der Waals surface area contributed by atoms with Gasteiger partial charge in [0.25, 0.3) is 5.56 Å². The Kier molecular flexibility index (Phi) is 7.87. The lowest BCUT2D eigenvalue weighted by Gasteiger charge is -2.24. The summed E-state index contributed by atoms with van der Waals surface area (Å²) in [4.78, 5) is 45.7. The molecule has 0 spiro atoms. The molecule has 2 aromatic heterocycles. The van der Waals surface area contributed by atoms with E-state index in [4.69, 9.17) is 5.73 Å². The number of H-pyrrole nitrogens is 1. The third-order valence-electron chi connectivity index (χ3n) is 4.78. The van der Waals surface area contributed by atoms with Crippen molar-refractivity contribution in [2.24, 2.45) is 0 Å². The molecule has 3 rings (SSSR count). The molecule has 0 bridgehead atoms. The molecule has 0 aliphatic carbocycles. The van der Waals surface area contributed by atoms with Crippen molar-refractivity contribution in [2.75, 3.05) is 22.9 Å². The van der Waals surface area contributed by atoms with Crippen LogP contribution in [0.5, 0.6) is 0 Å². The van der Waals surface area contributed by atoms with E-state index in [1.807, 2.05) is 44.2 Å². The van der Waals surface area contributed by atoms with Crippen molar-refractivity contribution in [3.05, 3.63) is 57.5 Å². The van der Waals surface area contributed by atoms with E-state index in [1.165, 1.54) is 21.2 Å². The van der Waals surface area contributed by atoms with Gasteiger partial charge in [-0.05, 0) is 25.0 Å². The van der Waals surface area contributed by atoms with Crippen LogP contribution < -0.4 is 21.9 Å². The highest BCUT2D eigenvalue weighted by Crippen LogP contribution is 2.21. The third-order valence-corrected chi connectivity index (χ3v) is 5.62. The van der Waals surface area contributed by atoms with Gasteiger partial charge in [-0.2, -0.15) is 0 Å². The van der Waals surface area contributed by atoms with Gasteiger partial charge in [-0.1, -0.05) is 50.2 Å². The van der Waals surface area contributed by atoms with Gasteiger partial charge in [0.15, 0.2) is 5.69 Å². The lowest BCUT2D eigenvalue weighted by molar-refractivity contribution is -0.116. The summed E-state index contributed by atoms with van der Waals surface area (Å²) in [5, 5.41) is 4.83. The van der Waals surface area contributed by atoms with Crippen LogP contribution in [0, 0.1) is 0 Å². The Morgan fingerprint density at radius 3 is 2.62 bits per heavy atom. The molecule has 1 amide bonds. The number of aromatic amines is 1. The molecule has 1 aromatic carbocycles. The molecule has 0 fully saturated rings. The minimum Gasteiger partial charge on any atom is -0.383 e. The Balaban J connectivity index is 1.82. The van der Waals surface area contributed by atoms with Crippen molar-refractivity contribution in [3.8, 4) is 5.69 Å². The zero-order valence-corrected chi connectivity index (χ0v) is 19.0. The summed E-state index contributed by atoms with van der Waals surface area (Å²) in [6.45, 7) is 4.55. The number of para-hydroxylation sites is 1. The van der Waals surface area contributed by atoms with E-state index in [-0.39, 0.29) is 23.2 Å². The SMILES string of the molecule is CCCCN(C(=O)CSc1ncn(-c2ccccc2)n1)c1c(N)n(CCC)c(=O)[nH]c1=O. The van der Waals surface area contributed by atoms with Crippen molar-refractivity contribution in [3.63, 3.8) is 0 Å². The number of carbonyl (C=O) groups excluding carboxylic acids is 1. The number of nitrogens with one attached hydrogen (secondary N) is 1. The fourth-order valence-corrected chi connectivity index (χ4v) is 3.86. The molecular formula is C21H27N7O3S. The molecule has 0 aliphatic heterocycles. The quantitative estimate of drug-likeness (QED) is 0.445. The second-order valence-electron chi connectivity index (χ2n) is 7.14. The summed E-state index contributed by atoms with van der Waals surface area (Å²) in [5.74, 6) is -0.283. The molecule has 0 aliphatic rings. The predicted octanol–water partition coefficient (Wildman–Crippen LogP) is 2.03. The van der Waals surface area contributed by atoms with Crippen LogP contribution in [0.4, 0.5) is 11.5 Å². The van der Waals surface area contributed by atoms with Gasteiger partial charge in [0.2, 0.25) is 11.1 Å². The van der Waals surface area contributed by atoms with Crippen LogP contribution in [0.2, 0.25) is 0 Å². The number of hydrogen-bond acceptors (Lipinski definition) is 7. The van der Waals surface area contributed by atoms with Crippen molar-refractivity contribution < 1.29 is 4.79 Å². The second-order valence-corrected chi connectivity index (χ2v) is 8.08. The zero-order chi connectivity index (χ0) is 23.1. The summed E-state index contributed by atoms with van der Waals surface area (Å²) in [6.07, 6.45) is 3.75. The minimum absolute atomic E-state index is 0.00142. The van der Waals surface area contributed by atoms with E-state index in [9.17, 15) is 14.4 Å². The molecule has 32 heavy (non-hydrogen) atoms. The van der Waals surface area contributed by atoms with E-state index < -0.39 is 11.2 Å². The van der Waals surface area contributed by atoms with Crippen LogP contribution in [0.3, 0.4) is 0 Å². The number of hydrogen-bond donors (Lipinski definition) is 2. The Bertz CT molecular complexity index is 1170. The third kappa shape index (κ3) is 5.28. The van der Waals surface area contributed by atoms with Gasteiger partial charge in [0.05, 0.1) is 11.4 Å². The molecule has 10 nitrogen and oxygen atoms in total. The Hall–Kier alpha value is -3.34. The number of rotatable bonds is 10. The summed E-state index contributed by atoms with van der Waals surface area (Å²) in [6, 6.07) is 9.52. The largest absolute Gasteiger partial charge is 0.383 e. The monoisotopic (exact) mass is 457 g/mol. The molecule has 0 unspecified atom stereocenters. The zero-order valence-electron chi connectivity index (χ0n) is 18.2. The molecule has 170 valence electrons. The number of aromatic nitrogens is 5. The van der Waals surface area contributed by atoms with Gasteiger partial charge >= 0.3 is 5.69 Å². The Morgan fingerprint density at radius 2 is 1.94 bits per heavy atom. The van der Waals surface area contributed by atoms with Crippen LogP contribution in [-0.2, 0) is 11.3 Å². The van der Waals surface area contributed by atoms with E-state index in [2.05, 4.69) is 15.1 Å². The van der Waals surface area contributed by atoms with Crippen LogP contribution in [0.1, 0.15) is 33.1 Å². The summed E-state index contributed by atoms with van der Waals surface area (Å²) in [5.41, 5.74) is 5.80. The van der Waals surface area contributed by atoms with Crippen molar-refractivity contribution in [2.45, 2.75) is 44.8 Å². The van der Waals surface area contributed by atoms with Crippen LogP contribution in [0.15, 0.2) is 51.4 Å². The van der Waals surface area contributed by atoms with Crippen LogP contribution in [-0.4, -0.2) is 42.5 Å². The molecule has 0 saturated heterocycles. The van der Waals surface area contributed by atoms with E-state index >= 15 is 0 Å². The lowest BCUT2D eigenvalue weighted by Crippen LogP contribution is -2.42. The lowest BCUT2D eigenvalue weighted by atomic mass is 10.2. The predicted molar refractivity (Wildman–Crippen MR) is 125 cm³/mol. The molecule has 0 saturated carbocycles. The number of nitrogens with zero attached hydrogens (tertiary/aromatic N) is 5. The number of thioether (sulfide) groups is 1. The average molecular weight is 458 g/mol. The minimum atomic E-state index is -0.666. The van der Waals surface area contributed by atoms with Gasteiger partial charge in [0, 0.05) is 13.1 Å². The standard InChI is InChI=1S/C21H27N7O3S/c1-3-5-12-26(17-18(22)27(11-4-2)21(31)24-19(17)30)16(29)13-32-20-23-14-28(25-20)15-9-7-6-8-10-15/h6-10,14H,3-5,11-13,22H2,1-2H3,(H,24,30,31). The molecular weight excluding hydrogens is 430 g/mol. The molecule has 0 atom stereocenters. The highest BCUT2D eigenvalue weighted by atomic mass is 32.2.